The normalized spacial score (nSPS) is 43.1. The summed E-state index contributed by atoms with van der Waals surface area (Å²) in [6, 6.07) is 0. The van der Waals surface area contributed by atoms with Crippen molar-refractivity contribution in [2.75, 3.05) is 0 Å². The molecule has 0 aliphatic heterocycles. The van der Waals surface area contributed by atoms with Crippen LogP contribution in [0.2, 0.25) is 0 Å². The fraction of sp³-hybridized carbons (Fsp3) is 0.750. The minimum Gasteiger partial charge on any atom is -0.389 e. The Balaban J connectivity index is 2.73. The number of hydrogen-bond donors (Lipinski definition) is 1. The molecule has 0 aromatic carbocycles. The third-order valence-corrected chi connectivity index (χ3v) is 2.45. The Hall–Kier alpha value is -0.300. The Bertz CT molecular complexity index is 145. The summed E-state index contributed by atoms with van der Waals surface area (Å²) in [6.07, 6.45) is 2.94. The Morgan fingerprint density at radius 2 is 2.33 bits per heavy atom. The molecule has 1 N–H and O–H groups in total. The molecule has 9 heavy (non-hydrogen) atoms. The van der Waals surface area contributed by atoms with Crippen molar-refractivity contribution in [1.82, 2.24) is 0 Å². The summed E-state index contributed by atoms with van der Waals surface area (Å²) >= 11 is 0. The predicted molar refractivity (Wildman–Crippen MR) is 38.2 cm³/mol. The van der Waals surface area contributed by atoms with Gasteiger partial charge < -0.3 is 5.11 Å². The van der Waals surface area contributed by atoms with Gasteiger partial charge in [0.15, 0.2) is 0 Å². The molecular formula is C8H14O. The van der Waals surface area contributed by atoms with E-state index in [2.05, 4.69) is 19.9 Å². The Morgan fingerprint density at radius 1 is 1.78 bits per heavy atom. The van der Waals surface area contributed by atoms with Crippen molar-refractivity contribution < 1.29 is 5.11 Å². The zero-order valence-electron chi connectivity index (χ0n) is 6.31. The molecule has 0 bridgehead atoms. The number of rotatable bonds is 0. The fourth-order valence-electron chi connectivity index (χ4n) is 1.21. The monoisotopic (exact) mass is 126 g/mol. The first-order valence-corrected chi connectivity index (χ1v) is 3.43. The van der Waals surface area contributed by atoms with Gasteiger partial charge in [0.25, 0.3) is 0 Å². The minimum atomic E-state index is -0.468. The molecule has 1 heteroatoms. The van der Waals surface area contributed by atoms with Crippen LogP contribution in [0.1, 0.15) is 27.2 Å². The van der Waals surface area contributed by atoms with E-state index in [1.54, 1.807) is 0 Å². The molecule has 0 aromatic heterocycles. The summed E-state index contributed by atoms with van der Waals surface area (Å²) in [7, 11) is 0. The fourth-order valence-corrected chi connectivity index (χ4v) is 1.21. The maximum absolute atomic E-state index is 9.58. The Labute approximate surface area is 56.4 Å². The van der Waals surface area contributed by atoms with E-state index in [-0.39, 0.29) is 0 Å². The van der Waals surface area contributed by atoms with Crippen LogP contribution in [0.15, 0.2) is 11.6 Å². The van der Waals surface area contributed by atoms with Crippen LogP contribution >= 0.6 is 0 Å². The Morgan fingerprint density at radius 3 is 2.44 bits per heavy atom. The van der Waals surface area contributed by atoms with Gasteiger partial charge in [-0.2, -0.15) is 0 Å². The van der Waals surface area contributed by atoms with Crippen LogP contribution in [0.3, 0.4) is 0 Å². The zero-order valence-corrected chi connectivity index (χ0v) is 6.31. The van der Waals surface area contributed by atoms with Gasteiger partial charge >= 0.3 is 0 Å². The summed E-state index contributed by atoms with van der Waals surface area (Å²) in [5.41, 5.74) is 0.851. The van der Waals surface area contributed by atoms with Crippen LogP contribution in [-0.4, -0.2) is 10.7 Å². The number of hydrogen-bond acceptors (Lipinski definition) is 1. The lowest BCUT2D eigenvalue weighted by Gasteiger charge is -2.23. The van der Waals surface area contributed by atoms with Crippen molar-refractivity contribution in [2.24, 2.45) is 5.92 Å². The van der Waals surface area contributed by atoms with Gasteiger partial charge in [-0.3, -0.25) is 0 Å². The molecule has 0 heterocycles. The van der Waals surface area contributed by atoms with Crippen molar-refractivity contribution in [3.05, 3.63) is 11.6 Å². The van der Waals surface area contributed by atoms with E-state index in [0.717, 1.165) is 6.42 Å². The summed E-state index contributed by atoms with van der Waals surface area (Å²) in [6.45, 7) is 6.04. The van der Waals surface area contributed by atoms with Crippen LogP contribution in [-0.2, 0) is 0 Å². The van der Waals surface area contributed by atoms with E-state index in [1.165, 1.54) is 5.57 Å². The van der Waals surface area contributed by atoms with Crippen molar-refractivity contribution in [2.45, 2.75) is 32.8 Å². The molecule has 0 radical (unpaired) electrons. The zero-order chi connectivity index (χ0) is 7.07. The van der Waals surface area contributed by atoms with Crippen molar-refractivity contribution in [3.8, 4) is 0 Å². The van der Waals surface area contributed by atoms with Crippen LogP contribution < -0.4 is 0 Å². The topological polar surface area (TPSA) is 20.2 Å². The van der Waals surface area contributed by atoms with Crippen LogP contribution in [0.25, 0.3) is 0 Å². The number of aliphatic hydroxyl groups is 1. The summed E-state index contributed by atoms with van der Waals surface area (Å²) < 4.78 is 0. The molecule has 0 amide bonds. The average Bonchev–Trinajstić information content (AvgIpc) is 1.97. The van der Waals surface area contributed by atoms with Crippen LogP contribution in [0.5, 0.6) is 0 Å². The molecule has 1 aliphatic carbocycles. The first-order chi connectivity index (χ1) is 4.04. The summed E-state index contributed by atoms with van der Waals surface area (Å²) in [5.74, 6) is 0.345. The van der Waals surface area contributed by atoms with Crippen molar-refractivity contribution in [1.29, 1.82) is 0 Å². The smallest absolute Gasteiger partial charge is 0.0716 e. The van der Waals surface area contributed by atoms with Gasteiger partial charge in [0.2, 0.25) is 0 Å². The standard InChI is InChI=1S/C8H14O/c1-6-4-5-8(3,9)7(6)2/h4,7,9H,5H2,1-3H3/t7-,8?/m0/s1. The molecule has 0 aromatic rings. The second-order valence-electron chi connectivity index (χ2n) is 3.23. The van der Waals surface area contributed by atoms with E-state index < -0.39 is 5.60 Å². The molecule has 52 valence electrons. The third-order valence-electron chi connectivity index (χ3n) is 2.45. The predicted octanol–water partition coefficient (Wildman–Crippen LogP) is 1.72. The second kappa shape index (κ2) is 1.84. The first-order valence-electron chi connectivity index (χ1n) is 3.43. The third kappa shape index (κ3) is 1.01. The van der Waals surface area contributed by atoms with E-state index in [0.29, 0.717) is 5.92 Å². The molecule has 0 saturated heterocycles. The minimum absolute atomic E-state index is 0.345. The van der Waals surface area contributed by atoms with Gasteiger partial charge in [0, 0.05) is 5.92 Å². The molecule has 1 unspecified atom stereocenters. The van der Waals surface area contributed by atoms with Gasteiger partial charge in [-0.05, 0) is 20.3 Å². The molecular weight excluding hydrogens is 112 g/mol. The maximum atomic E-state index is 9.58. The van der Waals surface area contributed by atoms with Crippen LogP contribution in [0.4, 0.5) is 0 Å². The summed E-state index contributed by atoms with van der Waals surface area (Å²) in [4.78, 5) is 0. The van der Waals surface area contributed by atoms with E-state index in [9.17, 15) is 5.11 Å². The van der Waals surface area contributed by atoms with Gasteiger partial charge in [-0.15, -0.1) is 0 Å². The highest BCUT2D eigenvalue weighted by Crippen LogP contribution is 2.34. The molecule has 1 rings (SSSR count). The second-order valence-corrected chi connectivity index (χ2v) is 3.23. The highest BCUT2D eigenvalue weighted by molar-refractivity contribution is 5.16. The van der Waals surface area contributed by atoms with Crippen molar-refractivity contribution in [3.63, 3.8) is 0 Å². The molecule has 0 fully saturated rings. The van der Waals surface area contributed by atoms with E-state index in [4.69, 9.17) is 0 Å². The molecule has 2 atom stereocenters. The lowest BCUT2D eigenvalue weighted by atomic mass is 9.91. The van der Waals surface area contributed by atoms with Gasteiger partial charge in [-0.25, -0.2) is 0 Å². The van der Waals surface area contributed by atoms with E-state index >= 15 is 0 Å². The lowest BCUT2D eigenvalue weighted by molar-refractivity contribution is 0.0343. The summed E-state index contributed by atoms with van der Waals surface area (Å²) in [5, 5.41) is 9.58. The highest BCUT2D eigenvalue weighted by atomic mass is 16.3. The molecule has 0 spiro atoms. The van der Waals surface area contributed by atoms with Crippen LogP contribution in [0, 0.1) is 5.92 Å². The molecule has 1 aliphatic rings. The van der Waals surface area contributed by atoms with E-state index in [1.807, 2.05) is 6.92 Å². The SMILES string of the molecule is CC1=CCC(C)(O)[C@H]1C. The molecule has 1 nitrogen and oxygen atoms in total. The highest BCUT2D eigenvalue weighted by Gasteiger charge is 2.32. The molecule has 0 saturated carbocycles. The van der Waals surface area contributed by atoms with Gasteiger partial charge in [-0.1, -0.05) is 18.6 Å². The largest absolute Gasteiger partial charge is 0.389 e. The maximum Gasteiger partial charge on any atom is 0.0716 e. The van der Waals surface area contributed by atoms with Gasteiger partial charge in [0.05, 0.1) is 5.60 Å². The first kappa shape index (κ1) is 6.81. The van der Waals surface area contributed by atoms with Gasteiger partial charge in [0.1, 0.15) is 0 Å². The Kier molecular flexibility index (Phi) is 1.39. The lowest BCUT2D eigenvalue weighted by Crippen LogP contribution is -2.28. The van der Waals surface area contributed by atoms with Crippen molar-refractivity contribution >= 4 is 0 Å². The average molecular weight is 126 g/mol. The quantitative estimate of drug-likeness (QED) is 0.490.